The standard InChI is InChI=1S/C17H22ClN3O/c1-5-14-16(17(22)19-10-11(2)3)12(4)20-21(14)15-9-7-6-8-13(15)18/h6-9,11H,5,10H2,1-4H3,(H,19,22). The van der Waals surface area contributed by atoms with Gasteiger partial charge >= 0.3 is 0 Å². The predicted octanol–water partition coefficient (Wildman–Crippen LogP) is 3.78. The predicted molar refractivity (Wildman–Crippen MR) is 89.9 cm³/mol. The van der Waals surface area contributed by atoms with Gasteiger partial charge in [-0.05, 0) is 31.4 Å². The van der Waals surface area contributed by atoms with Crippen LogP contribution in [0.25, 0.3) is 5.69 Å². The number of aryl methyl sites for hydroxylation is 1. The molecule has 0 fully saturated rings. The van der Waals surface area contributed by atoms with E-state index in [1.807, 2.05) is 38.1 Å². The molecule has 0 aliphatic heterocycles. The molecule has 0 bridgehead atoms. The molecule has 1 aromatic heterocycles. The Morgan fingerprint density at radius 1 is 1.36 bits per heavy atom. The number of nitrogens with zero attached hydrogens (tertiary/aromatic N) is 2. The van der Waals surface area contributed by atoms with Crippen LogP contribution >= 0.6 is 11.6 Å². The average Bonchev–Trinajstić information content (AvgIpc) is 2.81. The van der Waals surface area contributed by atoms with Crippen LogP contribution in [0.4, 0.5) is 0 Å². The second-order valence-corrected chi connectivity index (χ2v) is 6.13. The van der Waals surface area contributed by atoms with Crippen LogP contribution in [0.2, 0.25) is 5.02 Å². The number of para-hydroxylation sites is 1. The fraction of sp³-hybridized carbons (Fsp3) is 0.412. The number of carbonyl (C=O) groups excluding carboxylic acids is 1. The van der Waals surface area contributed by atoms with Crippen LogP contribution in [0.1, 0.15) is 42.5 Å². The highest BCUT2D eigenvalue weighted by Gasteiger charge is 2.21. The van der Waals surface area contributed by atoms with Gasteiger partial charge in [0.25, 0.3) is 5.91 Å². The molecule has 1 amide bonds. The molecule has 0 aliphatic rings. The van der Waals surface area contributed by atoms with Crippen molar-refractivity contribution >= 4 is 17.5 Å². The second-order valence-electron chi connectivity index (χ2n) is 5.73. The second kappa shape index (κ2) is 6.97. The molecule has 0 aliphatic carbocycles. The fourth-order valence-electron chi connectivity index (χ4n) is 2.40. The maximum atomic E-state index is 12.5. The summed E-state index contributed by atoms with van der Waals surface area (Å²) in [5.74, 6) is 0.342. The lowest BCUT2D eigenvalue weighted by Gasteiger charge is -2.10. The molecule has 5 heteroatoms. The Balaban J connectivity index is 2.45. The van der Waals surface area contributed by atoms with Crippen LogP contribution in [0.5, 0.6) is 0 Å². The Hall–Kier alpha value is -1.81. The lowest BCUT2D eigenvalue weighted by molar-refractivity contribution is 0.0947. The highest BCUT2D eigenvalue weighted by Crippen LogP contribution is 2.24. The van der Waals surface area contributed by atoms with E-state index in [1.165, 1.54) is 0 Å². The van der Waals surface area contributed by atoms with Gasteiger partial charge in [-0.15, -0.1) is 0 Å². The summed E-state index contributed by atoms with van der Waals surface area (Å²) in [5.41, 5.74) is 3.06. The largest absolute Gasteiger partial charge is 0.352 e. The zero-order valence-corrected chi connectivity index (χ0v) is 14.2. The van der Waals surface area contributed by atoms with E-state index in [9.17, 15) is 4.79 Å². The zero-order valence-electron chi connectivity index (χ0n) is 13.5. The molecule has 1 heterocycles. The van der Waals surface area contributed by atoms with Gasteiger partial charge in [-0.2, -0.15) is 5.10 Å². The molecular weight excluding hydrogens is 298 g/mol. The summed E-state index contributed by atoms with van der Waals surface area (Å²) >= 11 is 6.27. The van der Waals surface area contributed by atoms with Crippen molar-refractivity contribution in [3.05, 3.63) is 46.2 Å². The summed E-state index contributed by atoms with van der Waals surface area (Å²) < 4.78 is 1.78. The number of hydrogen-bond donors (Lipinski definition) is 1. The minimum Gasteiger partial charge on any atom is -0.352 e. The van der Waals surface area contributed by atoms with E-state index in [-0.39, 0.29) is 5.91 Å². The first-order valence-corrected chi connectivity index (χ1v) is 7.95. The van der Waals surface area contributed by atoms with E-state index in [0.29, 0.717) is 29.5 Å². The van der Waals surface area contributed by atoms with Gasteiger partial charge in [-0.1, -0.05) is 44.5 Å². The van der Waals surface area contributed by atoms with E-state index < -0.39 is 0 Å². The first kappa shape index (κ1) is 16.6. The van der Waals surface area contributed by atoms with Crippen molar-refractivity contribution in [1.29, 1.82) is 0 Å². The molecule has 0 saturated heterocycles. The summed E-state index contributed by atoms with van der Waals surface area (Å²) in [6.07, 6.45) is 0.705. The number of rotatable bonds is 5. The zero-order chi connectivity index (χ0) is 16.3. The van der Waals surface area contributed by atoms with Crippen molar-refractivity contribution < 1.29 is 4.79 Å². The SMILES string of the molecule is CCc1c(C(=O)NCC(C)C)c(C)nn1-c1ccccc1Cl. The minimum atomic E-state index is -0.0682. The van der Waals surface area contributed by atoms with E-state index in [2.05, 4.69) is 24.3 Å². The molecule has 2 rings (SSSR count). The molecule has 4 nitrogen and oxygen atoms in total. The topological polar surface area (TPSA) is 46.9 Å². The summed E-state index contributed by atoms with van der Waals surface area (Å²) in [4.78, 5) is 12.5. The molecule has 0 spiro atoms. The number of hydrogen-bond acceptors (Lipinski definition) is 2. The number of aromatic nitrogens is 2. The number of nitrogens with one attached hydrogen (secondary N) is 1. The highest BCUT2D eigenvalue weighted by atomic mass is 35.5. The smallest absolute Gasteiger partial charge is 0.255 e. The number of amides is 1. The van der Waals surface area contributed by atoms with Gasteiger partial charge in [-0.25, -0.2) is 4.68 Å². The quantitative estimate of drug-likeness (QED) is 0.911. The van der Waals surface area contributed by atoms with Crippen LogP contribution in [0, 0.1) is 12.8 Å². The number of halogens is 1. The highest BCUT2D eigenvalue weighted by molar-refractivity contribution is 6.32. The Labute approximate surface area is 136 Å². The Morgan fingerprint density at radius 2 is 2.05 bits per heavy atom. The molecule has 0 saturated carbocycles. The summed E-state index contributed by atoms with van der Waals surface area (Å²) in [5, 5.41) is 8.12. The maximum Gasteiger partial charge on any atom is 0.255 e. The molecule has 2 aromatic rings. The van der Waals surface area contributed by atoms with Crippen LogP contribution in [0.3, 0.4) is 0 Å². The Bertz CT molecular complexity index is 677. The molecule has 0 atom stereocenters. The van der Waals surface area contributed by atoms with E-state index in [1.54, 1.807) is 4.68 Å². The molecule has 0 unspecified atom stereocenters. The molecular formula is C17H22ClN3O. The first-order chi connectivity index (χ1) is 10.5. The lowest BCUT2D eigenvalue weighted by Crippen LogP contribution is -2.28. The number of benzene rings is 1. The number of carbonyl (C=O) groups is 1. The third kappa shape index (κ3) is 3.33. The van der Waals surface area contributed by atoms with Crippen LogP contribution in [0.15, 0.2) is 24.3 Å². The van der Waals surface area contributed by atoms with Crippen molar-refractivity contribution in [3.8, 4) is 5.69 Å². The molecule has 0 radical (unpaired) electrons. The van der Waals surface area contributed by atoms with Gasteiger partial charge < -0.3 is 5.32 Å². The third-order valence-corrected chi connectivity index (χ3v) is 3.79. The van der Waals surface area contributed by atoms with Crippen molar-refractivity contribution in [2.24, 2.45) is 5.92 Å². The lowest BCUT2D eigenvalue weighted by atomic mass is 10.1. The molecule has 22 heavy (non-hydrogen) atoms. The average molecular weight is 320 g/mol. The molecule has 1 aromatic carbocycles. The van der Waals surface area contributed by atoms with E-state index >= 15 is 0 Å². The molecule has 1 N–H and O–H groups in total. The van der Waals surface area contributed by atoms with Crippen molar-refractivity contribution in [2.75, 3.05) is 6.54 Å². The van der Waals surface area contributed by atoms with Gasteiger partial charge in [0.2, 0.25) is 0 Å². The Morgan fingerprint density at radius 3 is 2.64 bits per heavy atom. The van der Waals surface area contributed by atoms with Crippen molar-refractivity contribution in [3.63, 3.8) is 0 Å². The third-order valence-electron chi connectivity index (χ3n) is 3.47. The maximum absolute atomic E-state index is 12.5. The van der Waals surface area contributed by atoms with Gasteiger partial charge in [0.05, 0.1) is 27.7 Å². The van der Waals surface area contributed by atoms with Crippen molar-refractivity contribution in [2.45, 2.75) is 34.1 Å². The molecule has 118 valence electrons. The Kier molecular flexibility index (Phi) is 5.24. The van der Waals surface area contributed by atoms with Gasteiger partial charge in [0.15, 0.2) is 0 Å². The van der Waals surface area contributed by atoms with Gasteiger partial charge in [-0.3, -0.25) is 4.79 Å². The van der Waals surface area contributed by atoms with Crippen LogP contribution < -0.4 is 5.32 Å². The monoisotopic (exact) mass is 319 g/mol. The van der Waals surface area contributed by atoms with E-state index in [4.69, 9.17) is 11.6 Å². The van der Waals surface area contributed by atoms with Crippen molar-refractivity contribution in [1.82, 2.24) is 15.1 Å². The summed E-state index contributed by atoms with van der Waals surface area (Å²) in [7, 11) is 0. The summed E-state index contributed by atoms with van der Waals surface area (Å²) in [6.45, 7) is 8.67. The minimum absolute atomic E-state index is 0.0682. The normalized spacial score (nSPS) is 11.0. The summed E-state index contributed by atoms with van der Waals surface area (Å²) in [6, 6.07) is 7.52. The first-order valence-electron chi connectivity index (χ1n) is 7.57. The fourth-order valence-corrected chi connectivity index (χ4v) is 2.62. The van der Waals surface area contributed by atoms with Gasteiger partial charge in [0.1, 0.15) is 0 Å². The van der Waals surface area contributed by atoms with Gasteiger partial charge in [0, 0.05) is 6.54 Å². The van der Waals surface area contributed by atoms with Crippen LogP contribution in [-0.4, -0.2) is 22.2 Å². The van der Waals surface area contributed by atoms with Crippen LogP contribution in [-0.2, 0) is 6.42 Å². The van der Waals surface area contributed by atoms with E-state index in [0.717, 1.165) is 17.1 Å².